The third-order valence-corrected chi connectivity index (χ3v) is 3.15. The summed E-state index contributed by atoms with van der Waals surface area (Å²) in [5.74, 6) is -9.91. The van der Waals surface area contributed by atoms with Crippen LogP contribution in [0.15, 0.2) is 4.42 Å². The molecule has 1 aromatic carbocycles. The molecule has 1 aromatic heterocycles. The van der Waals surface area contributed by atoms with Crippen molar-refractivity contribution in [3.05, 3.63) is 22.5 Å². The Bertz CT molecular complexity index is 843. The SMILES string of the molecule is O=C1c2oc(O)c(O)c2C(=O)c2c(O)c(O)c(O)c(O)c21. The molecule has 1 aliphatic carbocycles. The van der Waals surface area contributed by atoms with Crippen LogP contribution in [0.4, 0.5) is 0 Å². The van der Waals surface area contributed by atoms with Gasteiger partial charge in [-0.15, -0.1) is 0 Å². The molecular formula is C12H6O9. The molecule has 0 spiro atoms. The molecule has 3 rings (SSSR count). The summed E-state index contributed by atoms with van der Waals surface area (Å²) in [5, 5.41) is 56.9. The second-order valence-electron chi connectivity index (χ2n) is 4.26. The number of carbonyl (C=O) groups is 2. The van der Waals surface area contributed by atoms with E-state index in [4.69, 9.17) is 0 Å². The molecular weight excluding hydrogens is 288 g/mol. The number of aromatic hydroxyl groups is 6. The molecule has 0 saturated heterocycles. The number of hydrogen-bond donors (Lipinski definition) is 6. The lowest BCUT2D eigenvalue weighted by Gasteiger charge is -2.17. The van der Waals surface area contributed by atoms with E-state index < -0.39 is 68.7 Å². The van der Waals surface area contributed by atoms with Gasteiger partial charge in [0.15, 0.2) is 17.3 Å². The van der Waals surface area contributed by atoms with E-state index in [9.17, 15) is 40.2 Å². The van der Waals surface area contributed by atoms with Gasteiger partial charge >= 0.3 is 5.95 Å². The molecule has 6 N–H and O–H groups in total. The van der Waals surface area contributed by atoms with Gasteiger partial charge < -0.3 is 35.1 Å². The molecule has 9 heteroatoms. The molecule has 0 bridgehead atoms. The summed E-state index contributed by atoms with van der Waals surface area (Å²) in [4.78, 5) is 24.3. The van der Waals surface area contributed by atoms with E-state index in [1.807, 2.05) is 0 Å². The molecule has 1 aliphatic rings. The third kappa shape index (κ3) is 1.29. The lowest BCUT2D eigenvalue weighted by Crippen LogP contribution is -2.19. The first-order chi connectivity index (χ1) is 9.77. The normalized spacial score (nSPS) is 13.1. The molecule has 0 atom stereocenters. The number of carbonyl (C=O) groups excluding carboxylic acids is 2. The zero-order valence-electron chi connectivity index (χ0n) is 9.91. The van der Waals surface area contributed by atoms with Gasteiger partial charge in [-0.25, -0.2) is 0 Å². The van der Waals surface area contributed by atoms with Crippen LogP contribution in [0, 0.1) is 0 Å². The summed E-state index contributed by atoms with van der Waals surface area (Å²) in [6.45, 7) is 0. The molecule has 0 unspecified atom stereocenters. The maximum Gasteiger partial charge on any atom is 0.327 e. The second-order valence-corrected chi connectivity index (χ2v) is 4.26. The lowest BCUT2D eigenvalue weighted by atomic mass is 9.86. The predicted molar refractivity (Wildman–Crippen MR) is 62.0 cm³/mol. The van der Waals surface area contributed by atoms with Crippen molar-refractivity contribution in [1.29, 1.82) is 0 Å². The maximum atomic E-state index is 12.2. The van der Waals surface area contributed by atoms with E-state index in [0.29, 0.717) is 0 Å². The van der Waals surface area contributed by atoms with Gasteiger partial charge in [-0.05, 0) is 0 Å². The standard InChI is InChI=1S/C12H6O9/c13-4-1-2(6(15)10(19)9(18)5(1)14)7(16)11-3(4)8(17)12(20)21-11/h14-15,17-20H. The Balaban J connectivity index is 2.47. The van der Waals surface area contributed by atoms with Crippen LogP contribution < -0.4 is 0 Å². The van der Waals surface area contributed by atoms with Gasteiger partial charge in [-0.3, -0.25) is 9.59 Å². The Hall–Kier alpha value is -3.36. The van der Waals surface area contributed by atoms with Crippen LogP contribution in [-0.4, -0.2) is 42.2 Å². The van der Waals surface area contributed by atoms with Gasteiger partial charge in [0.1, 0.15) is 5.56 Å². The van der Waals surface area contributed by atoms with Gasteiger partial charge in [0, 0.05) is 0 Å². The Kier molecular flexibility index (Phi) is 2.17. The molecule has 0 amide bonds. The van der Waals surface area contributed by atoms with Gasteiger partial charge in [-0.2, -0.15) is 0 Å². The van der Waals surface area contributed by atoms with Crippen LogP contribution >= 0.6 is 0 Å². The number of phenolic OH excluding ortho intramolecular Hbond substituents is 4. The number of phenols is 4. The van der Waals surface area contributed by atoms with Crippen molar-refractivity contribution in [3.63, 3.8) is 0 Å². The molecule has 0 saturated carbocycles. The van der Waals surface area contributed by atoms with Crippen molar-refractivity contribution in [1.82, 2.24) is 0 Å². The van der Waals surface area contributed by atoms with E-state index in [1.165, 1.54) is 0 Å². The quantitative estimate of drug-likeness (QED) is 0.252. The second kappa shape index (κ2) is 3.60. The van der Waals surface area contributed by atoms with E-state index in [2.05, 4.69) is 4.42 Å². The monoisotopic (exact) mass is 294 g/mol. The summed E-state index contributed by atoms with van der Waals surface area (Å²) in [5.41, 5.74) is -2.35. The average molecular weight is 294 g/mol. The Labute approximate surface area is 114 Å². The molecule has 2 aromatic rings. The Morgan fingerprint density at radius 2 is 1.05 bits per heavy atom. The fourth-order valence-electron chi connectivity index (χ4n) is 2.16. The number of benzene rings is 1. The summed E-state index contributed by atoms with van der Waals surface area (Å²) in [7, 11) is 0. The van der Waals surface area contributed by atoms with Crippen LogP contribution in [0.2, 0.25) is 0 Å². The fraction of sp³-hybridized carbons (Fsp3) is 0. The average Bonchev–Trinajstić information content (AvgIpc) is 2.74. The number of fused-ring (bicyclic) bond motifs is 2. The van der Waals surface area contributed by atoms with E-state index in [-0.39, 0.29) is 0 Å². The van der Waals surface area contributed by atoms with Crippen molar-refractivity contribution in [2.24, 2.45) is 0 Å². The summed E-state index contributed by atoms with van der Waals surface area (Å²) in [6.07, 6.45) is 0. The van der Waals surface area contributed by atoms with Crippen LogP contribution in [0.1, 0.15) is 32.0 Å². The topological polar surface area (TPSA) is 169 Å². The van der Waals surface area contributed by atoms with E-state index in [0.717, 1.165) is 0 Å². The van der Waals surface area contributed by atoms with Crippen LogP contribution in [-0.2, 0) is 0 Å². The van der Waals surface area contributed by atoms with Crippen molar-refractivity contribution in [2.75, 3.05) is 0 Å². The number of rotatable bonds is 0. The number of hydrogen-bond acceptors (Lipinski definition) is 9. The zero-order chi connectivity index (χ0) is 15.6. The molecule has 21 heavy (non-hydrogen) atoms. The highest BCUT2D eigenvalue weighted by Gasteiger charge is 2.43. The van der Waals surface area contributed by atoms with Crippen molar-refractivity contribution >= 4 is 11.6 Å². The number of furan rings is 1. The minimum atomic E-state index is -1.21. The molecule has 0 fully saturated rings. The zero-order valence-corrected chi connectivity index (χ0v) is 9.91. The molecule has 0 radical (unpaired) electrons. The van der Waals surface area contributed by atoms with Gasteiger partial charge in [-0.1, -0.05) is 0 Å². The molecule has 1 heterocycles. The van der Waals surface area contributed by atoms with Crippen molar-refractivity contribution < 1.29 is 44.6 Å². The molecule has 9 nitrogen and oxygen atoms in total. The third-order valence-electron chi connectivity index (χ3n) is 3.15. The predicted octanol–water partition coefficient (Wildman–Crippen LogP) is 0.289. The highest BCUT2D eigenvalue weighted by molar-refractivity contribution is 6.31. The van der Waals surface area contributed by atoms with E-state index >= 15 is 0 Å². The fourth-order valence-corrected chi connectivity index (χ4v) is 2.16. The minimum absolute atomic E-state index is 0.718. The van der Waals surface area contributed by atoms with Crippen molar-refractivity contribution in [2.45, 2.75) is 0 Å². The van der Waals surface area contributed by atoms with Gasteiger partial charge in [0.25, 0.3) is 0 Å². The Morgan fingerprint density at radius 1 is 0.571 bits per heavy atom. The summed E-state index contributed by atoms with van der Waals surface area (Å²) in [6, 6.07) is 0. The van der Waals surface area contributed by atoms with Crippen molar-refractivity contribution in [3.8, 4) is 34.7 Å². The summed E-state index contributed by atoms with van der Waals surface area (Å²) >= 11 is 0. The van der Waals surface area contributed by atoms with Crippen LogP contribution in [0.3, 0.4) is 0 Å². The number of ketones is 2. The highest BCUT2D eigenvalue weighted by Crippen LogP contribution is 2.52. The smallest absolute Gasteiger partial charge is 0.327 e. The first-order valence-corrected chi connectivity index (χ1v) is 5.41. The highest BCUT2D eigenvalue weighted by atomic mass is 16.5. The lowest BCUT2D eigenvalue weighted by molar-refractivity contribution is 0.0950. The summed E-state index contributed by atoms with van der Waals surface area (Å²) < 4.78 is 4.54. The minimum Gasteiger partial charge on any atom is -0.504 e. The first kappa shape index (κ1) is 12.7. The largest absolute Gasteiger partial charge is 0.504 e. The molecule has 108 valence electrons. The Morgan fingerprint density at radius 3 is 1.57 bits per heavy atom. The molecule has 0 aliphatic heterocycles. The van der Waals surface area contributed by atoms with Gasteiger partial charge in [0.2, 0.25) is 28.8 Å². The van der Waals surface area contributed by atoms with Crippen LogP contribution in [0.25, 0.3) is 0 Å². The maximum absolute atomic E-state index is 12.2. The van der Waals surface area contributed by atoms with Crippen LogP contribution in [0.5, 0.6) is 34.7 Å². The first-order valence-electron chi connectivity index (χ1n) is 5.41. The van der Waals surface area contributed by atoms with E-state index in [1.54, 1.807) is 0 Å². The van der Waals surface area contributed by atoms with Gasteiger partial charge in [0.05, 0.1) is 11.1 Å².